The maximum absolute atomic E-state index is 12.9. The van der Waals surface area contributed by atoms with E-state index in [4.69, 9.17) is 28.9 Å². The molecular weight excluding hydrogens is 449 g/mol. The van der Waals surface area contributed by atoms with Gasteiger partial charge in [-0.1, -0.05) is 72.8 Å². The largest absolute Gasteiger partial charge is 0.391 e. The standard InChI is InChI=1S/C24H29Cl2N3O3/c25-19-12-17(14-28-22(19)26)24(32)29-20(11-15-7-3-1-4-8-15)21(30)13-18(23(27)31)16-9-5-2-6-10-16/h1,3-4,7-8,12,14,16,18,20-21,30H,2,5-6,9-11,13H2,(H2,27,31)(H,29,32). The number of amides is 2. The van der Waals surface area contributed by atoms with Crippen LogP contribution in [0.4, 0.5) is 0 Å². The summed E-state index contributed by atoms with van der Waals surface area (Å²) in [5.41, 5.74) is 6.91. The summed E-state index contributed by atoms with van der Waals surface area (Å²) in [6.45, 7) is 0. The van der Waals surface area contributed by atoms with E-state index < -0.39 is 29.9 Å². The molecule has 1 fully saturated rings. The summed E-state index contributed by atoms with van der Waals surface area (Å²) in [6.07, 6.45) is 6.16. The number of aliphatic hydroxyl groups excluding tert-OH is 1. The summed E-state index contributed by atoms with van der Waals surface area (Å²) in [5.74, 6) is -1.07. The number of nitrogens with two attached hydrogens (primary N) is 1. The van der Waals surface area contributed by atoms with Crippen LogP contribution < -0.4 is 11.1 Å². The second-order valence-electron chi connectivity index (χ2n) is 8.48. The van der Waals surface area contributed by atoms with Gasteiger partial charge in [-0.3, -0.25) is 9.59 Å². The quantitative estimate of drug-likeness (QED) is 0.471. The fourth-order valence-corrected chi connectivity index (χ4v) is 4.72. The van der Waals surface area contributed by atoms with E-state index in [0.29, 0.717) is 6.42 Å². The molecule has 4 N–H and O–H groups in total. The number of pyridine rings is 1. The summed E-state index contributed by atoms with van der Waals surface area (Å²) in [6, 6.07) is 10.4. The van der Waals surface area contributed by atoms with Gasteiger partial charge in [0, 0.05) is 12.1 Å². The molecule has 3 atom stereocenters. The Morgan fingerprint density at radius 1 is 1.16 bits per heavy atom. The van der Waals surface area contributed by atoms with Crippen molar-refractivity contribution in [2.45, 2.75) is 57.1 Å². The van der Waals surface area contributed by atoms with Crippen molar-refractivity contribution in [3.05, 3.63) is 63.9 Å². The minimum Gasteiger partial charge on any atom is -0.391 e. The lowest BCUT2D eigenvalue weighted by Crippen LogP contribution is -2.47. The van der Waals surface area contributed by atoms with Gasteiger partial charge in [-0.2, -0.15) is 0 Å². The summed E-state index contributed by atoms with van der Waals surface area (Å²) >= 11 is 11.9. The van der Waals surface area contributed by atoms with Crippen molar-refractivity contribution in [3.63, 3.8) is 0 Å². The molecule has 0 aliphatic heterocycles. The number of primary amides is 1. The van der Waals surface area contributed by atoms with Crippen LogP contribution in [0, 0.1) is 11.8 Å². The first-order valence-corrected chi connectivity index (χ1v) is 11.7. The normalized spacial score (nSPS) is 17.3. The Morgan fingerprint density at radius 2 is 1.84 bits per heavy atom. The van der Waals surface area contributed by atoms with Gasteiger partial charge in [0.25, 0.3) is 5.91 Å². The van der Waals surface area contributed by atoms with Crippen LogP contribution in [0.15, 0.2) is 42.6 Å². The first-order valence-electron chi connectivity index (χ1n) is 11.0. The van der Waals surface area contributed by atoms with Crippen LogP contribution in [-0.4, -0.2) is 34.1 Å². The van der Waals surface area contributed by atoms with E-state index in [1.165, 1.54) is 12.3 Å². The molecule has 3 unspecified atom stereocenters. The van der Waals surface area contributed by atoms with Crippen LogP contribution in [-0.2, 0) is 11.2 Å². The fraction of sp³-hybridized carbons (Fsp3) is 0.458. The lowest BCUT2D eigenvalue weighted by atomic mass is 9.76. The molecule has 8 heteroatoms. The van der Waals surface area contributed by atoms with Gasteiger partial charge in [0.15, 0.2) is 0 Å². The van der Waals surface area contributed by atoms with Crippen molar-refractivity contribution in [1.29, 1.82) is 0 Å². The van der Waals surface area contributed by atoms with Crippen LogP contribution in [0.5, 0.6) is 0 Å². The number of nitrogens with one attached hydrogen (secondary N) is 1. The van der Waals surface area contributed by atoms with E-state index in [9.17, 15) is 14.7 Å². The molecule has 1 heterocycles. The number of aliphatic hydroxyl groups is 1. The van der Waals surface area contributed by atoms with E-state index in [1.54, 1.807) is 0 Å². The van der Waals surface area contributed by atoms with E-state index in [0.717, 1.165) is 37.7 Å². The van der Waals surface area contributed by atoms with Crippen molar-refractivity contribution in [2.24, 2.45) is 17.6 Å². The number of benzene rings is 1. The van der Waals surface area contributed by atoms with Gasteiger partial charge in [-0.05, 0) is 43.2 Å². The lowest BCUT2D eigenvalue weighted by molar-refractivity contribution is -0.125. The zero-order valence-corrected chi connectivity index (χ0v) is 19.4. The van der Waals surface area contributed by atoms with Crippen molar-refractivity contribution in [2.75, 3.05) is 0 Å². The molecule has 1 aliphatic carbocycles. The Labute approximate surface area is 198 Å². The summed E-state index contributed by atoms with van der Waals surface area (Å²) in [5, 5.41) is 14.3. The molecule has 172 valence electrons. The highest BCUT2D eigenvalue weighted by Gasteiger charge is 2.33. The van der Waals surface area contributed by atoms with Gasteiger partial charge in [-0.25, -0.2) is 4.98 Å². The Kier molecular flexibility index (Phi) is 8.91. The number of aromatic nitrogens is 1. The molecule has 2 amide bonds. The molecule has 32 heavy (non-hydrogen) atoms. The molecule has 1 aliphatic rings. The smallest absolute Gasteiger partial charge is 0.253 e. The van der Waals surface area contributed by atoms with Crippen LogP contribution in [0.25, 0.3) is 0 Å². The van der Waals surface area contributed by atoms with Crippen LogP contribution in [0.2, 0.25) is 10.2 Å². The highest BCUT2D eigenvalue weighted by Crippen LogP contribution is 2.33. The minimum atomic E-state index is -0.950. The van der Waals surface area contributed by atoms with Crippen molar-refractivity contribution < 1.29 is 14.7 Å². The van der Waals surface area contributed by atoms with Crippen LogP contribution in [0.3, 0.4) is 0 Å². The SMILES string of the molecule is NC(=O)C(CC(O)C(Cc1ccccc1)NC(=O)c1cnc(Cl)c(Cl)c1)C1CCCCC1. The molecule has 6 nitrogen and oxygen atoms in total. The molecule has 0 spiro atoms. The first kappa shape index (κ1) is 24.5. The molecule has 1 aromatic carbocycles. The Morgan fingerprint density at radius 3 is 2.47 bits per heavy atom. The number of carbonyl (C=O) groups is 2. The predicted octanol–water partition coefficient (Wildman–Crippen LogP) is 4.16. The fourth-order valence-electron chi connectivity index (χ4n) is 4.45. The summed E-state index contributed by atoms with van der Waals surface area (Å²) < 4.78 is 0. The number of rotatable bonds is 9. The van der Waals surface area contributed by atoms with Crippen molar-refractivity contribution in [1.82, 2.24) is 10.3 Å². The third-order valence-electron chi connectivity index (χ3n) is 6.22. The second-order valence-corrected chi connectivity index (χ2v) is 9.24. The van der Waals surface area contributed by atoms with Crippen LogP contribution in [0.1, 0.15) is 54.4 Å². The van der Waals surface area contributed by atoms with Gasteiger partial charge >= 0.3 is 0 Å². The maximum Gasteiger partial charge on any atom is 0.253 e. The van der Waals surface area contributed by atoms with Gasteiger partial charge in [0.1, 0.15) is 5.15 Å². The van der Waals surface area contributed by atoms with Crippen molar-refractivity contribution in [3.8, 4) is 0 Å². The van der Waals surface area contributed by atoms with Gasteiger partial charge in [0.05, 0.1) is 22.7 Å². The average molecular weight is 478 g/mol. The number of nitrogens with zero attached hydrogens (tertiary/aromatic N) is 1. The van der Waals surface area contributed by atoms with Gasteiger partial charge < -0.3 is 16.2 Å². The summed E-state index contributed by atoms with van der Waals surface area (Å²) in [7, 11) is 0. The molecule has 3 rings (SSSR count). The third-order valence-corrected chi connectivity index (χ3v) is 6.90. The Hall–Kier alpha value is -2.15. The Balaban J connectivity index is 1.78. The molecule has 1 aromatic heterocycles. The number of hydrogen-bond donors (Lipinski definition) is 3. The van der Waals surface area contributed by atoms with E-state index in [1.807, 2.05) is 30.3 Å². The minimum absolute atomic E-state index is 0.112. The third kappa shape index (κ3) is 6.67. The highest BCUT2D eigenvalue weighted by atomic mass is 35.5. The average Bonchev–Trinajstić information content (AvgIpc) is 2.79. The second kappa shape index (κ2) is 11.6. The van der Waals surface area contributed by atoms with Crippen LogP contribution >= 0.6 is 23.2 Å². The van der Waals surface area contributed by atoms with Gasteiger partial charge in [0.2, 0.25) is 5.91 Å². The molecular formula is C24H29Cl2N3O3. The van der Waals surface area contributed by atoms with E-state index in [2.05, 4.69) is 10.3 Å². The van der Waals surface area contributed by atoms with Gasteiger partial charge in [-0.15, -0.1) is 0 Å². The topological polar surface area (TPSA) is 105 Å². The Bertz CT molecular complexity index is 920. The number of hydrogen-bond acceptors (Lipinski definition) is 4. The monoisotopic (exact) mass is 477 g/mol. The zero-order chi connectivity index (χ0) is 23.1. The molecule has 0 bridgehead atoms. The predicted molar refractivity (Wildman–Crippen MR) is 126 cm³/mol. The van der Waals surface area contributed by atoms with Crippen molar-refractivity contribution >= 4 is 35.0 Å². The molecule has 0 saturated heterocycles. The lowest BCUT2D eigenvalue weighted by Gasteiger charge is -2.32. The zero-order valence-electron chi connectivity index (χ0n) is 17.8. The van der Waals surface area contributed by atoms with E-state index >= 15 is 0 Å². The maximum atomic E-state index is 12.9. The number of carbonyl (C=O) groups excluding carboxylic acids is 2. The number of halogens is 2. The van der Waals surface area contributed by atoms with E-state index in [-0.39, 0.29) is 28.1 Å². The summed E-state index contributed by atoms with van der Waals surface area (Å²) in [4.78, 5) is 29.0. The first-order chi connectivity index (χ1) is 15.3. The molecule has 1 saturated carbocycles. The molecule has 2 aromatic rings. The highest BCUT2D eigenvalue weighted by molar-refractivity contribution is 6.41. The molecule has 0 radical (unpaired) electrons.